The Labute approximate surface area is 246 Å². The molecule has 3 N–H and O–H groups in total. The van der Waals surface area contributed by atoms with Crippen LogP contribution in [0.4, 0.5) is 11.4 Å². The Morgan fingerprint density at radius 1 is 1.12 bits per heavy atom. The van der Waals surface area contributed by atoms with Crippen molar-refractivity contribution in [2.75, 3.05) is 38.3 Å². The minimum atomic E-state index is -1.44. The Hall–Kier alpha value is -3.90. The number of nitro benzene ring substituents is 1. The summed E-state index contributed by atoms with van der Waals surface area (Å²) < 4.78 is 10.6. The van der Waals surface area contributed by atoms with Gasteiger partial charge in [0.1, 0.15) is 12.4 Å². The third-order valence-electron chi connectivity index (χ3n) is 6.52. The molecule has 1 unspecified atom stereocenters. The van der Waals surface area contributed by atoms with Crippen LogP contribution in [-0.4, -0.2) is 67.5 Å². The number of nitro groups is 1. The summed E-state index contributed by atoms with van der Waals surface area (Å²) in [5.41, 5.74) is 2.08. The highest BCUT2D eigenvalue weighted by Crippen LogP contribution is 2.35. The molecular formula is C28H28Cl2N4O7. The van der Waals surface area contributed by atoms with Gasteiger partial charge in [0, 0.05) is 38.8 Å². The average molecular weight is 603 g/mol. The smallest absolute Gasteiger partial charge is 0.271 e. The van der Waals surface area contributed by atoms with Crippen molar-refractivity contribution in [3.05, 3.63) is 86.4 Å². The lowest BCUT2D eigenvalue weighted by molar-refractivity contribution is -0.384. The minimum absolute atomic E-state index is 0.0210. The molecule has 11 nitrogen and oxygen atoms in total. The molecular weight excluding hydrogens is 575 g/mol. The Balaban J connectivity index is 1.37. The maximum Gasteiger partial charge on any atom is 0.271 e. The van der Waals surface area contributed by atoms with Gasteiger partial charge in [0.2, 0.25) is 5.91 Å². The summed E-state index contributed by atoms with van der Waals surface area (Å²) in [6.07, 6.45) is -1.39. The molecule has 41 heavy (non-hydrogen) atoms. The van der Waals surface area contributed by atoms with Crippen molar-refractivity contribution in [3.63, 3.8) is 0 Å². The number of nitrogens with zero attached hydrogens (tertiary/aromatic N) is 2. The number of methoxy groups -OCH3 is 1. The SMILES string of the molecule is COC(O)[C@H](CNC(=O)CCN1CCOc2ccc([N+](=O)[O-])cc21)NC(=O)c1c(Cl)cc(-c2ccccc2)cc1Cl. The van der Waals surface area contributed by atoms with Gasteiger partial charge in [-0.25, -0.2) is 0 Å². The lowest BCUT2D eigenvalue weighted by Gasteiger charge is -2.31. The van der Waals surface area contributed by atoms with E-state index in [2.05, 4.69) is 10.6 Å². The molecule has 2 atom stereocenters. The first kappa shape index (κ1) is 30.1. The van der Waals surface area contributed by atoms with Gasteiger partial charge in [-0.3, -0.25) is 19.7 Å². The second-order valence-corrected chi connectivity index (χ2v) is 10.0. The monoisotopic (exact) mass is 602 g/mol. The molecule has 0 fully saturated rings. The Morgan fingerprint density at radius 2 is 1.83 bits per heavy atom. The van der Waals surface area contributed by atoms with Crippen molar-refractivity contribution in [1.82, 2.24) is 10.6 Å². The summed E-state index contributed by atoms with van der Waals surface area (Å²) in [5.74, 6) is -0.516. The standard InChI is InChI=1S/C28H28Cl2N4O7/c1-40-28(37)22(32-27(36)26-20(29)13-18(14-21(26)30)17-5-3-2-4-6-17)16-31-25(35)9-10-33-11-12-41-24-8-7-19(34(38)39)15-23(24)33/h2-8,13-15,22,28,37H,9-12,16H2,1H3,(H,31,35)(H,32,36)/t22-,28?/m0/s1. The van der Waals surface area contributed by atoms with Crippen LogP contribution >= 0.6 is 23.2 Å². The van der Waals surface area contributed by atoms with Crippen molar-refractivity contribution >= 4 is 46.4 Å². The molecule has 0 aliphatic carbocycles. The van der Waals surface area contributed by atoms with Crippen molar-refractivity contribution in [2.24, 2.45) is 0 Å². The van der Waals surface area contributed by atoms with Gasteiger partial charge < -0.3 is 30.1 Å². The summed E-state index contributed by atoms with van der Waals surface area (Å²) in [4.78, 5) is 38.3. The average Bonchev–Trinajstić information content (AvgIpc) is 2.97. The summed E-state index contributed by atoms with van der Waals surface area (Å²) in [5, 5.41) is 27.1. The van der Waals surface area contributed by atoms with Crippen LogP contribution in [0, 0.1) is 10.1 Å². The predicted octanol–water partition coefficient (Wildman–Crippen LogP) is 4.04. The maximum absolute atomic E-state index is 13.1. The normalized spacial score (nSPS) is 13.9. The topological polar surface area (TPSA) is 143 Å². The Kier molecular flexibility index (Phi) is 10.0. The van der Waals surface area contributed by atoms with Crippen molar-refractivity contribution < 1.29 is 29.1 Å². The van der Waals surface area contributed by atoms with Crippen LogP contribution in [0.25, 0.3) is 11.1 Å². The minimum Gasteiger partial charge on any atom is -0.490 e. The summed E-state index contributed by atoms with van der Waals surface area (Å²) >= 11 is 12.8. The zero-order valence-corrected chi connectivity index (χ0v) is 23.5. The molecule has 2 amide bonds. The van der Waals surface area contributed by atoms with Crippen LogP contribution in [0.2, 0.25) is 10.0 Å². The summed E-state index contributed by atoms with van der Waals surface area (Å²) in [7, 11) is 1.26. The second-order valence-electron chi connectivity index (χ2n) is 9.19. The highest BCUT2D eigenvalue weighted by Gasteiger charge is 2.26. The van der Waals surface area contributed by atoms with E-state index in [1.165, 1.54) is 25.3 Å². The van der Waals surface area contributed by atoms with Gasteiger partial charge in [-0.1, -0.05) is 53.5 Å². The number of ether oxygens (including phenoxy) is 2. The predicted molar refractivity (Wildman–Crippen MR) is 155 cm³/mol. The number of fused-ring (bicyclic) bond motifs is 1. The second kappa shape index (κ2) is 13.6. The lowest BCUT2D eigenvalue weighted by atomic mass is 10.0. The fourth-order valence-corrected chi connectivity index (χ4v) is 5.03. The number of benzene rings is 3. The van der Waals surface area contributed by atoms with Gasteiger partial charge in [-0.2, -0.15) is 0 Å². The number of carbonyl (C=O) groups is 2. The number of carbonyl (C=O) groups excluding carboxylic acids is 2. The number of anilines is 1. The van der Waals surface area contributed by atoms with E-state index in [0.717, 1.165) is 11.1 Å². The molecule has 0 radical (unpaired) electrons. The number of hydrogen-bond acceptors (Lipinski definition) is 8. The largest absolute Gasteiger partial charge is 0.490 e. The molecule has 1 aliphatic heterocycles. The number of hydrogen-bond donors (Lipinski definition) is 3. The van der Waals surface area contributed by atoms with Crippen LogP contribution in [0.1, 0.15) is 16.8 Å². The molecule has 1 aliphatic rings. The van der Waals surface area contributed by atoms with E-state index in [0.29, 0.717) is 24.6 Å². The van der Waals surface area contributed by atoms with Gasteiger partial charge in [0.25, 0.3) is 11.6 Å². The zero-order valence-electron chi connectivity index (χ0n) is 22.0. The van der Waals surface area contributed by atoms with Gasteiger partial charge >= 0.3 is 0 Å². The summed E-state index contributed by atoms with van der Waals surface area (Å²) in [6, 6.07) is 15.9. The first-order valence-electron chi connectivity index (χ1n) is 12.7. The Bertz CT molecular complexity index is 1400. The molecule has 0 aromatic heterocycles. The van der Waals surface area contributed by atoms with E-state index in [9.17, 15) is 24.8 Å². The van der Waals surface area contributed by atoms with Crippen LogP contribution in [0.5, 0.6) is 5.75 Å². The van der Waals surface area contributed by atoms with Crippen LogP contribution in [0.3, 0.4) is 0 Å². The highest BCUT2D eigenvalue weighted by molar-refractivity contribution is 6.40. The molecule has 4 rings (SSSR count). The van der Waals surface area contributed by atoms with Crippen LogP contribution in [-0.2, 0) is 9.53 Å². The van der Waals surface area contributed by atoms with Crippen LogP contribution < -0.4 is 20.3 Å². The van der Waals surface area contributed by atoms with Crippen molar-refractivity contribution in [2.45, 2.75) is 18.8 Å². The molecule has 0 bridgehead atoms. The molecule has 1 heterocycles. The first-order valence-corrected chi connectivity index (χ1v) is 13.4. The third-order valence-corrected chi connectivity index (χ3v) is 7.12. The number of nitrogens with one attached hydrogen (secondary N) is 2. The van der Waals surface area contributed by atoms with E-state index >= 15 is 0 Å². The molecule has 0 saturated heterocycles. The van der Waals surface area contributed by atoms with Crippen molar-refractivity contribution in [1.29, 1.82) is 0 Å². The van der Waals surface area contributed by atoms with Gasteiger partial charge in [0.05, 0.1) is 38.8 Å². The van der Waals surface area contributed by atoms with E-state index in [1.54, 1.807) is 12.1 Å². The van der Waals surface area contributed by atoms with E-state index in [4.69, 9.17) is 32.7 Å². The number of aliphatic hydroxyl groups excluding tert-OH is 1. The number of halogens is 2. The molecule has 216 valence electrons. The van der Waals surface area contributed by atoms with E-state index < -0.39 is 23.2 Å². The molecule has 0 saturated carbocycles. The zero-order chi connectivity index (χ0) is 29.5. The van der Waals surface area contributed by atoms with Crippen molar-refractivity contribution in [3.8, 4) is 16.9 Å². The number of non-ortho nitro benzene ring substituents is 1. The number of amides is 2. The number of aliphatic hydroxyl groups is 1. The first-order chi connectivity index (χ1) is 19.7. The van der Waals surface area contributed by atoms with Gasteiger partial charge in [0.15, 0.2) is 6.29 Å². The number of rotatable bonds is 11. The Morgan fingerprint density at radius 3 is 2.49 bits per heavy atom. The molecule has 3 aromatic rings. The van der Waals surface area contributed by atoms with E-state index in [1.807, 2.05) is 35.2 Å². The fourth-order valence-electron chi connectivity index (χ4n) is 4.37. The lowest BCUT2D eigenvalue weighted by Crippen LogP contribution is -2.51. The molecule has 3 aromatic carbocycles. The highest BCUT2D eigenvalue weighted by atomic mass is 35.5. The fraction of sp³-hybridized carbons (Fsp3) is 0.286. The molecule has 0 spiro atoms. The maximum atomic E-state index is 13.1. The summed E-state index contributed by atoms with van der Waals surface area (Å²) in [6.45, 7) is 0.944. The van der Waals surface area contributed by atoms with Crippen LogP contribution in [0.15, 0.2) is 60.7 Å². The van der Waals surface area contributed by atoms with Gasteiger partial charge in [-0.15, -0.1) is 0 Å². The van der Waals surface area contributed by atoms with E-state index in [-0.39, 0.29) is 46.7 Å². The third kappa shape index (κ3) is 7.44. The van der Waals surface area contributed by atoms with Gasteiger partial charge in [-0.05, 0) is 29.3 Å². The molecule has 13 heteroatoms. The quantitative estimate of drug-likeness (QED) is 0.169.